The van der Waals surface area contributed by atoms with Gasteiger partial charge in [-0.05, 0) is 30.7 Å². The Labute approximate surface area is 157 Å². The van der Waals surface area contributed by atoms with Crippen molar-refractivity contribution in [2.45, 2.75) is 51.9 Å². The van der Waals surface area contributed by atoms with Crippen LogP contribution in [0.1, 0.15) is 62.2 Å². The molecule has 7 heteroatoms. The first-order chi connectivity index (χ1) is 12.0. The molecule has 0 aliphatic heterocycles. The second kappa shape index (κ2) is 12.5. The Kier molecular flexibility index (Phi) is 10.6. The maximum atomic E-state index is 11.8. The van der Waals surface area contributed by atoms with Crippen LogP contribution in [0.2, 0.25) is 0 Å². The Morgan fingerprint density at radius 2 is 1.52 bits per heavy atom. The number of hydrazine groups is 1. The van der Waals surface area contributed by atoms with Gasteiger partial charge in [-0.2, -0.15) is 0 Å². The van der Waals surface area contributed by atoms with Crippen LogP contribution in [0, 0.1) is 0 Å². The number of benzene rings is 1. The van der Waals surface area contributed by atoms with Gasteiger partial charge in [0.05, 0.1) is 0 Å². The third-order valence-corrected chi connectivity index (χ3v) is 4.13. The SMILES string of the molecule is CCCCCCCNC(=O)CCC(=O)NNC(=O)c1ccc(Br)cc1. The minimum atomic E-state index is -0.405. The van der Waals surface area contributed by atoms with Crippen LogP contribution in [0.3, 0.4) is 0 Å². The highest BCUT2D eigenvalue weighted by atomic mass is 79.9. The lowest BCUT2D eigenvalue weighted by Gasteiger charge is -2.08. The van der Waals surface area contributed by atoms with Gasteiger partial charge in [-0.25, -0.2) is 0 Å². The fraction of sp³-hybridized carbons (Fsp3) is 0.500. The van der Waals surface area contributed by atoms with E-state index in [2.05, 4.69) is 39.0 Å². The van der Waals surface area contributed by atoms with Crippen molar-refractivity contribution in [2.75, 3.05) is 6.54 Å². The average molecular weight is 412 g/mol. The highest BCUT2D eigenvalue weighted by Gasteiger charge is 2.09. The van der Waals surface area contributed by atoms with Crippen LogP contribution in [0.4, 0.5) is 0 Å². The molecule has 1 aromatic rings. The largest absolute Gasteiger partial charge is 0.356 e. The van der Waals surface area contributed by atoms with Crippen LogP contribution in [0.5, 0.6) is 0 Å². The molecule has 0 fully saturated rings. The minimum absolute atomic E-state index is 0.0300. The highest BCUT2D eigenvalue weighted by molar-refractivity contribution is 9.10. The molecule has 0 saturated heterocycles. The molecular weight excluding hydrogens is 386 g/mol. The molecule has 3 N–H and O–H groups in total. The Morgan fingerprint density at radius 3 is 2.20 bits per heavy atom. The van der Waals surface area contributed by atoms with E-state index in [0.29, 0.717) is 12.1 Å². The second-order valence-corrected chi connectivity index (χ2v) is 6.69. The molecule has 0 bridgehead atoms. The van der Waals surface area contributed by atoms with Crippen molar-refractivity contribution >= 4 is 33.7 Å². The summed E-state index contributed by atoms with van der Waals surface area (Å²) in [6.07, 6.45) is 5.81. The van der Waals surface area contributed by atoms with Gasteiger partial charge in [-0.15, -0.1) is 0 Å². The number of rotatable bonds is 10. The number of carbonyl (C=O) groups is 3. The summed E-state index contributed by atoms with van der Waals surface area (Å²) in [6, 6.07) is 6.76. The van der Waals surface area contributed by atoms with Crippen molar-refractivity contribution in [1.29, 1.82) is 0 Å². The maximum Gasteiger partial charge on any atom is 0.269 e. The molecule has 0 heterocycles. The van der Waals surface area contributed by atoms with Crippen molar-refractivity contribution in [3.63, 3.8) is 0 Å². The molecule has 0 aliphatic carbocycles. The number of unbranched alkanes of at least 4 members (excludes halogenated alkanes) is 4. The first-order valence-electron chi connectivity index (χ1n) is 8.64. The zero-order valence-corrected chi connectivity index (χ0v) is 16.2. The van der Waals surface area contributed by atoms with Gasteiger partial charge in [0.1, 0.15) is 0 Å². The first-order valence-corrected chi connectivity index (χ1v) is 9.43. The summed E-state index contributed by atoms with van der Waals surface area (Å²) < 4.78 is 0.865. The molecule has 0 aliphatic rings. The van der Waals surface area contributed by atoms with E-state index in [-0.39, 0.29) is 18.7 Å². The number of amides is 3. The van der Waals surface area contributed by atoms with Gasteiger partial charge in [0.2, 0.25) is 11.8 Å². The van der Waals surface area contributed by atoms with E-state index in [0.717, 1.165) is 17.3 Å². The predicted octanol–water partition coefficient (Wildman–Crippen LogP) is 3.08. The fourth-order valence-corrected chi connectivity index (χ4v) is 2.40. The van der Waals surface area contributed by atoms with E-state index < -0.39 is 11.8 Å². The van der Waals surface area contributed by atoms with E-state index in [9.17, 15) is 14.4 Å². The van der Waals surface area contributed by atoms with Crippen molar-refractivity contribution in [3.05, 3.63) is 34.3 Å². The Balaban J connectivity index is 2.12. The molecule has 0 unspecified atom stereocenters. The van der Waals surface area contributed by atoms with Crippen LogP contribution >= 0.6 is 15.9 Å². The Hall–Kier alpha value is -1.89. The average Bonchev–Trinajstić information content (AvgIpc) is 2.61. The maximum absolute atomic E-state index is 11.8. The van der Waals surface area contributed by atoms with E-state index in [1.807, 2.05) is 0 Å². The van der Waals surface area contributed by atoms with E-state index in [1.54, 1.807) is 24.3 Å². The molecule has 0 atom stereocenters. The number of halogens is 1. The predicted molar refractivity (Wildman–Crippen MR) is 101 cm³/mol. The molecule has 0 aromatic heterocycles. The summed E-state index contributed by atoms with van der Waals surface area (Å²) in [5, 5.41) is 2.80. The normalized spacial score (nSPS) is 10.2. The van der Waals surface area contributed by atoms with E-state index in [1.165, 1.54) is 19.3 Å². The van der Waals surface area contributed by atoms with Crippen LogP contribution in [0.15, 0.2) is 28.7 Å². The zero-order chi connectivity index (χ0) is 18.5. The molecule has 1 aromatic carbocycles. The van der Waals surface area contributed by atoms with Crippen molar-refractivity contribution < 1.29 is 14.4 Å². The molecule has 0 saturated carbocycles. The van der Waals surface area contributed by atoms with Gasteiger partial charge in [0.15, 0.2) is 0 Å². The second-order valence-electron chi connectivity index (χ2n) is 5.77. The summed E-state index contributed by atoms with van der Waals surface area (Å²) in [5.74, 6) is -0.953. The smallest absolute Gasteiger partial charge is 0.269 e. The molecule has 0 radical (unpaired) electrons. The summed E-state index contributed by atoms with van der Waals surface area (Å²) in [4.78, 5) is 35.1. The summed E-state index contributed by atoms with van der Waals surface area (Å²) >= 11 is 3.28. The molecule has 138 valence electrons. The number of hydrogen-bond donors (Lipinski definition) is 3. The van der Waals surface area contributed by atoms with Gasteiger partial charge < -0.3 is 5.32 Å². The van der Waals surface area contributed by atoms with Crippen LogP contribution in [-0.4, -0.2) is 24.3 Å². The van der Waals surface area contributed by atoms with E-state index >= 15 is 0 Å². The topological polar surface area (TPSA) is 87.3 Å². The fourth-order valence-electron chi connectivity index (χ4n) is 2.13. The molecule has 3 amide bonds. The summed E-state index contributed by atoms with van der Waals surface area (Å²) in [7, 11) is 0. The van der Waals surface area contributed by atoms with Crippen molar-refractivity contribution in [1.82, 2.24) is 16.2 Å². The summed E-state index contributed by atoms with van der Waals surface area (Å²) in [6.45, 7) is 2.80. The first kappa shape index (κ1) is 21.2. The van der Waals surface area contributed by atoms with Gasteiger partial charge in [0, 0.05) is 29.4 Å². The summed E-state index contributed by atoms with van der Waals surface area (Å²) in [5.41, 5.74) is 5.07. The van der Waals surface area contributed by atoms with Crippen LogP contribution in [-0.2, 0) is 9.59 Å². The molecule has 25 heavy (non-hydrogen) atoms. The standard InChI is InChI=1S/C18H26BrN3O3/c1-2-3-4-5-6-13-20-16(23)11-12-17(24)21-22-18(25)14-7-9-15(19)10-8-14/h7-10H,2-6,11-13H2,1H3,(H,20,23)(H,21,24)(H,22,25). The zero-order valence-electron chi connectivity index (χ0n) is 14.6. The Morgan fingerprint density at radius 1 is 0.880 bits per heavy atom. The highest BCUT2D eigenvalue weighted by Crippen LogP contribution is 2.10. The van der Waals surface area contributed by atoms with Gasteiger partial charge in [0.25, 0.3) is 5.91 Å². The monoisotopic (exact) mass is 411 g/mol. The molecule has 0 spiro atoms. The number of nitrogens with one attached hydrogen (secondary N) is 3. The van der Waals surface area contributed by atoms with Gasteiger partial charge in [-0.3, -0.25) is 25.2 Å². The molecular formula is C18H26BrN3O3. The Bertz CT molecular complexity index is 561. The lowest BCUT2D eigenvalue weighted by Crippen LogP contribution is -2.42. The lowest BCUT2D eigenvalue weighted by atomic mass is 10.1. The molecule has 1 rings (SSSR count). The van der Waals surface area contributed by atoms with Gasteiger partial charge in [-0.1, -0.05) is 48.5 Å². The van der Waals surface area contributed by atoms with Gasteiger partial charge >= 0.3 is 0 Å². The third kappa shape index (κ3) is 9.86. The van der Waals surface area contributed by atoms with Crippen molar-refractivity contribution in [3.8, 4) is 0 Å². The van der Waals surface area contributed by atoms with E-state index in [4.69, 9.17) is 0 Å². The minimum Gasteiger partial charge on any atom is -0.356 e. The quantitative estimate of drug-likeness (QED) is 0.408. The number of hydrogen-bond acceptors (Lipinski definition) is 3. The molecule has 6 nitrogen and oxygen atoms in total. The van der Waals surface area contributed by atoms with Crippen molar-refractivity contribution in [2.24, 2.45) is 0 Å². The van der Waals surface area contributed by atoms with Crippen LogP contribution in [0.25, 0.3) is 0 Å². The third-order valence-electron chi connectivity index (χ3n) is 3.60. The lowest BCUT2D eigenvalue weighted by molar-refractivity contribution is -0.126. The number of carbonyl (C=O) groups excluding carboxylic acids is 3. The van der Waals surface area contributed by atoms with Crippen LogP contribution < -0.4 is 16.2 Å².